The number of hydrogen-bond acceptors (Lipinski definition) is 2. The summed E-state index contributed by atoms with van der Waals surface area (Å²) in [5, 5.41) is 0. The van der Waals surface area contributed by atoms with Crippen molar-refractivity contribution < 1.29 is 13.9 Å². The quantitative estimate of drug-likeness (QED) is 0.525. The van der Waals surface area contributed by atoms with Crippen molar-refractivity contribution in [3.05, 3.63) is 48.5 Å². The fourth-order valence-corrected chi connectivity index (χ4v) is 0.868. The lowest BCUT2D eigenvalue weighted by Gasteiger charge is -1.99. The highest BCUT2D eigenvalue weighted by Crippen LogP contribution is 2.00. The highest BCUT2D eigenvalue weighted by Gasteiger charge is 2.03. The first-order valence-corrected chi connectivity index (χ1v) is 3.79. The van der Waals surface area contributed by atoms with E-state index in [0.717, 1.165) is 6.26 Å². The standard InChI is InChI=1S/C10H9FO2/c11-6-7-13-8-10(12)9-4-2-1-3-5-9/h1-7H,8H2. The first-order valence-electron chi connectivity index (χ1n) is 3.79. The zero-order valence-electron chi connectivity index (χ0n) is 6.94. The second-order valence-electron chi connectivity index (χ2n) is 2.36. The summed E-state index contributed by atoms with van der Waals surface area (Å²) in [6.45, 7) is -0.134. The number of Topliss-reactive ketones (excluding diaryl/α,β-unsaturated/α-hetero) is 1. The molecule has 0 N–H and O–H groups in total. The van der Waals surface area contributed by atoms with Gasteiger partial charge in [0.2, 0.25) is 0 Å². The van der Waals surface area contributed by atoms with E-state index < -0.39 is 0 Å². The number of ketones is 1. The SMILES string of the molecule is O=C(COC=CF)c1ccccc1. The molecule has 0 unspecified atom stereocenters. The van der Waals surface area contributed by atoms with Gasteiger partial charge in [-0.2, -0.15) is 0 Å². The Morgan fingerprint density at radius 1 is 1.38 bits per heavy atom. The van der Waals surface area contributed by atoms with E-state index in [0.29, 0.717) is 5.56 Å². The summed E-state index contributed by atoms with van der Waals surface area (Å²) in [6.07, 6.45) is 1.10. The van der Waals surface area contributed by atoms with E-state index >= 15 is 0 Å². The Labute approximate surface area is 75.6 Å². The fourth-order valence-electron chi connectivity index (χ4n) is 0.868. The van der Waals surface area contributed by atoms with Crippen LogP contribution in [0.4, 0.5) is 4.39 Å². The number of hydrogen-bond donors (Lipinski definition) is 0. The summed E-state index contributed by atoms with van der Waals surface area (Å²) in [4.78, 5) is 11.2. The summed E-state index contributed by atoms with van der Waals surface area (Å²) in [6, 6.07) is 8.71. The number of ether oxygens (including phenoxy) is 1. The average Bonchev–Trinajstić information content (AvgIpc) is 2.19. The van der Waals surface area contributed by atoms with Crippen molar-refractivity contribution in [3.63, 3.8) is 0 Å². The predicted octanol–water partition coefficient (Wildman–Crippen LogP) is 2.33. The average molecular weight is 180 g/mol. The van der Waals surface area contributed by atoms with Gasteiger partial charge in [-0.25, -0.2) is 4.39 Å². The predicted molar refractivity (Wildman–Crippen MR) is 47.0 cm³/mol. The van der Waals surface area contributed by atoms with Crippen molar-refractivity contribution in [2.24, 2.45) is 0 Å². The van der Waals surface area contributed by atoms with Crippen LogP contribution in [0.15, 0.2) is 42.9 Å². The second-order valence-corrected chi connectivity index (χ2v) is 2.36. The molecule has 0 radical (unpaired) electrons. The maximum Gasteiger partial charge on any atom is 0.200 e. The van der Waals surface area contributed by atoms with Crippen molar-refractivity contribution in [2.45, 2.75) is 0 Å². The Balaban J connectivity index is 2.49. The zero-order valence-corrected chi connectivity index (χ0v) is 6.94. The van der Waals surface area contributed by atoms with E-state index in [9.17, 15) is 9.18 Å². The maximum absolute atomic E-state index is 11.4. The van der Waals surface area contributed by atoms with Gasteiger partial charge in [-0.05, 0) is 0 Å². The van der Waals surface area contributed by atoms with Crippen LogP contribution in [-0.4, -0.2) is 12.4 Å². The Morgan fingerprint density at radius 3 is 2.69 bits per heavy atom. The summed E-state index contributed by atoms with van der Waals surface area (Å²) in [5.41, 5.74) is 0.565. The third-order valence-corrected chi connectivity index (χ3v) is 1.46. The molecule has 0 saturated heterocycles. The molecule has 0 atom stereocenters. The van der Waals surface area contributed by atoms with Crippen molar-refractivity contribution in [3.8, 4) is 0 Å². The van der Waals surface area contributed by atoms with Crippen LogP contribution in [0, 0.1) is 0 Å². The molecule has 1 rings (SSSR count). The molecule has 1 aromatic rings. The van der Waals surface area contributed by atoms with Gasteiger partial charge in [-0.15, -0.1) is 0 Å². The molecule has 13 heavy (non-hydrogen) atoms. The van der Waals surface area contributed by atoms with Gasteiger partial charge in [0, 0.05) is 5.56 Å². The molecule has 1 aromatic carbocycles. The largest absolute Gasteiger partial charge is 0.491 e. The van der Waals surface area contributed by atoms with Crippen LogP contribution in [0.2, 0.25) is 0 Å². The Morgan fingerprint density at radius 2 is 2.08 bits per heavy atom. The third-order valence-electron chi connectivity index (χ3n) is 1.46. The minimum Gasteiger partial charge on any atom is -0.491 e. The highest BCUT2D eigenvalue weighted by atomic mass is 19.1. The van der Waals surface area contributed by atoms with Gasteiger partial charge >= 0.3 is 0 Å². The molecule has 0 spiro atoms. The number of benzene rings is 1. The lowest BCUT2D eigenvalue weighted by atomic mass is 10.1. The number of rotatable bonds is 4. The van der Waals surface area contributed by atoms with Gasteiger partial charge in [0.15, 0.2) is 12.4 Å². The molecule has 0 aliphatic rings. The minimum atomic E-state index is -0.168. The molecular formula is C10H9FO2. The molecule has 0 amide bonds. The molecule has 0 saturated carbocycles. The molecule has 0 aliphatic heterocycles. The lowest BCUT2D eigenvalue weighted by Crippen LogP contribution is -2.05. The van der Waals surface area contributed by atoms with E-state index in [4.69, 9.17) is 0 Å². The van der Waals surface area contributed by atoms with Crippen molar-refractivity contribution in [2.75, 3.05) is 6.61 Å². The van der Waals surface area contributed by atoms with Gasteiger partial charge in [-0.3, -0.25) is 4.79 Å². The van der Waals surface area contributed by atoms with E-state index in [2.05, 4.69) is 4.74 Å². The van der Waals surface area contributed by atoms with Crippen LogP contribution in [0.25, 0.3) is 0 Å². The Kier molecular flexibility index (Phi) is 3.70. The van der Waals surface area contributed by atoms with Gasteiger partial charge in [0.25, 0.3) is 0 Å². The maximum atomic E-state index is 11.4. The highest BCUT2D eigenvalue weighted by molar-refractivity contribution is 5.97. The zero-order chi connectivity index (χ0) is 9.52. The van der Waals surface area contributed by atoms with Crippen LogP contribution in [-0.2, 0) is 4.74 Å². The lowest BCUT2D eigenvalue weighted by molar-refractivity contribution is 0.0885. The Bertz CT molecular complexity index is 293. The van der Waals surface area contributed by atoms with E-state index in [1.54, 1.807) is 24.3 Å². The van der Waals surface area contributed by atoms with Crippen LogP contribution in [0.3, 0.4) is 0 Å². The Hall–Kier alpha value is -1.64. The molecule has 0 aromatic heterocycles. The molecule has 3 heteroatoms. The summed E-state index contributed by atoms with van der Waals surface area (Å²) in [5.74, 6) is -0.168. The molecule has 68 valence electrons. The monoisotopic (exact) mass is 180 g/mol. The molecular weight excluding hydrogens is 171 g/mol. The van der Waals surface area contributed by atoms with Gasteiger partial charge in [-0.1, -0.05) is 30.3 Å². The number of halogens is 1. The second kappa shape index (κ2) is 5.09. The van der Waals surface area contributed by atoms with Crippen molar-refractivity contribution >= 4 is 5.78 Å². The fraction of sp³-hybridized carbons (Fsp3) is 0.100. The molecule has 0 aliphatic carbocycles. The van der Waals surface area contributed by atoms with Crippen LogP contribution < -0.4 is 0 Å². The molecule has 2 nitrogen and oxygen atoms in total. The number of carbonyl (C=O) groups excluding carboxylic acids is 1. The summed E-state index contributed by atoms with van der Waals surface area (Å²) in [7, 11) is 0. The van der Waals surface area contributed by atoms with Crippen LogP contribution in [0.5, 0.6) is 0 Å². The van der Waals surface area contributed by atoms with Crippen LogP contribution in [0.1, 0.15) is 10.4 Å². The first kappa shape index (κ1) is 9.45. The normalized spacial score (nSPS) is 10.2. The molecule has 0 fully saturated rings. The molecule has 0 bridgehead atoms. The van der Waals surface area contributed by atoms with Gasteiger partial charge in [0.05, 0.1) is 0 Å². The third kappa shape index (κ3) is 3.07. The smallest absolute Gasteiger partial charge is 0.200 e. The molecule has 0 heterocycles. The van der Waals surface area contributed by atoms with Crippen molar-refractivity contribution in [1.82, 2.24) is 0 Å². The van der Waals surface area contributed by atoms with Crippen molar-refractivity contribution in [1.29, 1.82) is 0 Å². The van der Waals surface area contributed by atoms with Gasteiger partial charge < -0.3 is 4.74 Å². The first-order chi connectivity index (χ1) is 6.34. The topological polar surface area (TPSA) is 26.3 Å². The van der Waals surface area contributed by atoms with Crippen LogP contribution >= 0.6 is 0 Å². The van der Waals surface area contributed by atoms with E-state index in [1.807, 2.05) is 6.07 Å². The number of carbonyl (C=O) groups is 1. The van der Waals surface area contributed by atoms with E-state index in [1.165, 1.54) is 0 Å². The summed E-state index contributed by atoms with van der Waals surface area (Å²) < 4.78 is 16.0. The van der Waals surface area contributed by atoms with Gasteiger partial charge in [0.1, 0.15) is 12.6 Å². The minimum absolute atomic E-state index is 0.134. The summed E-state index contributed by atoms with van der Waals surface area (Å²) >= 11 is 0. The van der Waals surface area contributed by atoms with E-state index in [-0.39, 0.29) is 18.7 Å².